The summed E-state index contributed by atoms with van der Waals surface area (Å²) in [5.41, 5.74) is 2.31. The lowest BCUT2D eigenvalue weighted by Gasteiger charge is -2.25. The van der Waals surface area contributed by atoms with E-state index in [1.54, 1.807) is 0 Å². The molecule has 2 aromatic rings. The Morgan fingerprint density at radius 2 is 1.95 bits per heavy atom. The summed E-state index contributed by atoms with van der Waals surface area (Å²) in [7, 11) is 0. The zero-order valence-electron chi connectivity index (χ0n) is 12.8. The lowest BCUT2D eigenvalue weighted by atomic mass is 10.1. The van der Waals surface area contributed by atoms with E-state index < -0.39 is 0 Å². The molecule has 1 fully saturated rings. The largest absolute Gasteiger partial charge is 0.494 e. The number of carbonyl (C=O) groups is 1. The van der Waals surface area contributed by atoms with Crippen LogP contribution < -0.4 is 4.74 Å². The first-order valence-corrected chi connectivity index (χ1v) is 7.86. The standard InChI is InChI=1S/C17H21N3O2/c1-2-22-14-8-6-13(7-9-14)15-12-16(19-18-15)17(21)20-10-4-3-5-11-20/h6-9,12H,2-5,10-11H2,1H3,(H,18,19). The minimum absolute atomic E-state index is 0.0457. The van der Waals surface area contributed by atoms with Crippen molar-refractivity contribution in [2.75, 3.05) is 19.7 Å². The van der Waals surface area contributed by atoms with Gasteiger partial charge in [0.25, 0.3) is 5.91 Å². The monoisotopic (exact) mass is 299 g/mol. The minimum atomic E-state index is 0.0457. The van der Waals surface area contributed by atoms with Crippen LogP contribution in [-0.4, -0.2) is 40.7 Å². The summed E-state index contributed by atoms with van der Waals surface area (Å²) in [6.45, 7) is 4.29. The van der Waals surface area contributed by atoms with Gasteiger partial charge < -0.3 is 9.64 Å². The molecule has 1 aromatic heterocycles. The van der Waals surface area contributed by atoms with Gasteiger partial charge in [0, 0.05) is 18.7 Å². The molecule has 1 aromatic carbocycles. The van der Waals surface area contributed by atoms with Crippen LogP contribution in [0, 0.1) is 0 Å². The van der Waals surface area contributed by atoms with Gasteiger partial charge in [0.1, 0.15) is 11.4 Å². The Kier molecular flexibility index (Phi) is 4.42. The summed E-state index contributed by atoms with van der Waals surface area (Å²) in [6.07, 6.45) is 3.39. The zero-order valence-corrected chi connectivity index (χ0v) is 12.8. The maximum Gasteiger partial charge on any atom is 0.271 e. The normalized spacial score (nSPS) is 14.9. The maximum atomic E-state index is 12.4. The number of nitrogens with zero attached hydrogens (tertiary/aromatic N) is 2. The maximum absolute atomic E-state index is 12.4. The second-order valence-electron chi connectivity index (χ2n) is 5.48. The Balaban J connectivity index is 1.73. The summed E-state index contributed by atoms with van der Waals surface area (Å²) >= 11 is 0. The predicted octanol–water partition coefficient (Wildman–Crippen LogP) is 3.10. The highest BCUT2D eigenvalue weighted by Crippen LogP contribution is 2.22. The van der Waals surface area contributed by atoms with E-state index in [9.17, 15) is 4.79 Å². The van der Waals surface area contributed by atoms with Crippen molar-refractivity contribution in [3.63, 3.8) is 0 Å². The van der Waals surface area contributed by atoms with Gasteiger partial charge in [-0.15, -0.1) is 0 Å². The van der Waals surface area contributed by atoms with Gasteiger partial charge in [-0.1, -0.05) is 0 Å². The first-order valence-electron chi connectivity index (χ1n) is 7.86. The van der Waals surface area contributed by atoms with Gasteiger partial charge >= 0.3 is 0 Å². The van der Waals surface area contributed by atoms with Crippen molar-refractivity contribution in [3.8, 4) is 17.0 Å². The number of carbonyl (C=O) groups excluding carboxylic acids is 1. The Morgan fingerprint density at radius 1 is 1.23 bits per heavy atom. The highest BCUT2D eigenvalue weighted by molar-refractivity contribution is 5.93. The van der Waals surface area contributed by atoms with Crippen LogP contribution in [0.25, 0.3) is 11.3 Å². The molecule has 3 rings (SSSR count). The van der Waals surface area contributed by atoms with E-state index in [1.807, 2.05) is 42.2 Å². The van der Waals surface area contributed by atoms with Crippen molar-refractivity contribution in [1.29, 1.82) is 0 Å². The molecule has 116 valence electrons. The number of hydrogen-bond acceptors (Lipinski definition) is 3. The van der Waals surface area contributed by atoms with Crippen LogP contribution in [0.1, 0.15) is 36.7 Å². The van der Waals surface area contributed by atoms with Crippen molar-refractivity contribution in [3.05, 3.63) is 36.0 Å². The fraction of sp³-hybridized carbons (Fsp3) is 0.412. The number of nitrogens with one attached hydrogen (secondary N) is 1. The van der Waals surface area contributed by atoms with Crippen LogP contribution in [0.2, 0.25) is 0 Å². The quantitative estimate of drug-likeness (QED) is 0.943. The van der Waals surface area contributed by atoms with E-state index in [0.717, 1.165) is 42.9 Å². The number of H-pyrrole nitrogens is 1. The number of amides is 1. The molecule has 1 saturated heterocycles. The summed E-state index contributed by atoms with van der Waals surface area (Å²) in [5, 5.41) is 7.13. The molecule has 1 N–H and O–H groups in total. The lowest BCUT2D eigenvalue weighted by Crippen LogP contribution is -2.35. The molecule has 0 aliphatic carbocycles. The number of hydrogen-bond donors (Lipinski definition) is 1. The van der Waals surface area contributed by atoms with Crippen molar-refractivity contribution in [1.82, 2.24) is 15.1 Å². The Hall–Kier alpha value is -2.30. The van der Waals surface area contributed by atoms with Crippen molar-refractivity contribution < 1.29 is 9.53 Å². The van der Waals surface area contributed by atoms with Crippen LogP contribution in [0.5, 0.6) is 5.75 Å². The summed E-state index contributed by atoms with van der Waals surface area (Å²) in [4.78, 5) is 14.3. The number of benzene rings is 1. The predicted molar refractivity (Wildman–Crippen MR) is 84.9 cm³/mol. The van der Waals surface area contributed by atoms with E-state index >= 15 is 0 Å². The zero-order chi connectivity index (χ0) is 15.4. The SMILES string of the molecule is CCOc1ccc(-c2cc(C(=O)N3CCCCC3)[nH]n2)cc1. The van der Waals surface area contributed by atoms with E-state index in [2.05, 4.69) is 10.2 Å². The summed E-state index contributed by atoms with van der Waals surface area (Å²) < 4.78 is 5.43. The number of aromatic nitrogens is 2. The molecule has 0 unspecified atom stereocenters. The number of likely N-dealkylation sites (tertiary alicyclic amines) is 1. The second-order valence-corrected chi connectivity index (χ2v) is 5.48. The lowest BCUT2D eigenvalue weighted by molar-refractivity contribution is 0.0718. The Bertz CT molecular complexity index is 628. The molecular formula is C17H21N3O2. The highest BCUT2D eigenvalue weighted by atomic mass is 16.5. The van der Waals surface area contributed by atoms with E-state index in [-0.39, 0.29) is 5.91 Å². The summed E-state index contributed by atoms with van der Waals surface area (Å²) in [5.74, 6) is 0.885. The van der Waals surface area contributed by atoms with E-state index in [1.165, 1.54) is 6.42 Å². The van der Waals surface area contributed by atoms with Crippen LogP contribution in [0.15, 0.2) is 30.3 Å². The van der Waals surface area contributed by atoms with Gasteiger partial charge in [-0.3, -0.25) is 9.89 Å². The average molecular weight is 299 g/mol. The van der Waals surface area contributed by atoms with Crippen LogP contribution in [0.4, 0.5) is 0 Å². The fourth-order valence-electron chi connectivity index (χ4n) is 2.74. The van der Waals surface area contributed by atoms with Crippen LogP contribution >= 0.6 is 0 Å². The highest BCUT2D eigenvalue weighted by Gasteiger charge is 2.20. The molecular weight excluding hydrogens is 278 g/mol. The molecule has 0 saturated carbocycles. The van der Waals surface area contributed by atoms with Gasteiger partial charge in [0.15, 0.2) is 0 Å². The van der Waals surface area contributed by atoms with Gasteiger partial charge in [-0.2, -0.15) is 5.10 Å². The number of ether oxygens (including phenoxy) is 1. The van der Waals surface area contributed by atoms with Crippen molar-refractivity contribution in [2.45, 2.75) is 26.2 Å². The molecule has 5 nitrogen and oxygen atoms in total. The molecule has 0 bridgehead atoms. The van der Waals surface area contributed by atoms with E-state index in [0.29, 0.717) is 12.3 Å². The molecule has 1 aliphatic heterocycles. The van der Waals surface area contributed by atoms with Crippen molar-refractivity contribution >= 4 is 5.91 Å². The first kappa shape index (κ1) is 14.6. The molecule has 0 atom stereocenters. The fourth-order valence-corrected chi connectivity index (χ4v) is 2.74. The van der Waals surface area contributed by atoms with Gasteiger partial charge in [-0.25, -0.2) is 0 Å². The molecule has 1 aliphatic rings. The molecule has 0 spiro atoms. The number of piperidine rings is 1. The number of aromatic amines is 1. The molecule has 2 heterocycles. The van der Waals surface area contributed by atoms with Crippen LogP contribution in [0.3, 0.4) is 0 Å². The minimum Gasteiger partial charge on any atom is -0.494 e. The Labute approximate surface area is 130 Å². The third kappa shape index (κ3) is 3.13. The molecule has 5 heteroatoms. The molecule has 22 heavy (non-hydrogen) atoms. The average Bonchev–Trinajstić information content (AvgIpc) is 3.06. The van der Waals surface area contributed by atoms with Crippen LogP contribution in [-0.2, 0) is 0 Å². The smallest absolute Gasteiger partial charge is 0.271 e. The Morgan fingerprint density at radius 3 is 2.64 bits per heavy atom. The van der Waals surface area contributed by atoms with Crippen molar-refractivity contribution in [2.24, 2.45) is 0 Å². The second kappa shape index (κ2) is 6.64. The number of rotatable bonds is 4. The molecule has 1 amide bonds. The first-order chi connectivity index (χ1) is 10.8. The van der Waals surface area contributed by atoms with Gasteiger partial charge in [0.05, 0.1) is 12.3 Å². The topological polar surface area (TPSA) is 58.2 Å². The van der Waals surface area contributed by atoms with Gasteiger partial charge in [-0.05, 0) is 56.5 Å². The summed E-state index contributed by atoms with van der Waals surface area (Å²) in [6, 6.07) is 9.57. The molecule has 0 radical (unpaired) electrons. The van der Waals surface area contributed by atoms with E-state index in [4.69, 9.17) is 4.74 Å². The third-order valence-electron chi connectivity index (χ3n) is 3.91. The van der Waals surface area contributed by atoms with Gasteiger partial charge in [0.2, 0.25) is 0 Å². The third-order valence-corrected chi connectivity index (χ3v) is 3.91.